The molecule has 3 unspecified atom stereocenters. The van der Waals surface area contributed by atoms with E-state index in [1.807, 2.05) is 33.3 Å². The molecule has 1 amide bonds. The second kappa shape index (κ2) is 54.6. The van der Waals surface area contributed by atoms with Gasteiger partial charge in [0.05, 0.1) is 33.8 Å². The Labute approximate surface area is 459 Å². The predicted octanol–water partition coefficient (Wildman–Crippen LogP) is 18.9. The van der Waals surface area contributed by atoms with Crippen LogP contribution in [0.3, 0.4) is 0 Å². The lowest BCUT2D eigenvalue weighted by molar-refractivity contribution is -0.870. The van der Waals surface area contributed by atoms with E-state index in [1.165, 1.54) is 212 Å². The summed E-state index contributed by atoms with van der Waals surface area (Å²) in [7, 11) is 1.20. The molecule has 0 bridgehead atoms. The van der Waals surface area contributed by atoms with Gasteiger partial charge in [-0.2, -0.15) is 0 Å². The van der Waals surface area contributed by atoms with Crippen LogP contribution < -0.4 is 10.2 Å². The Bertz CT molecular complexity index is 1360. The molecule has 0 saturated heterocycles. The molecule has 0 fully saturated rings. The van der Waals surface area contributed by atoms with Gasteiger partial charge in [0.2, 0.25) is 5.91 Å². The molecule has 0 saturated carbocycles. The smallest absolute Gasteiger partial charge is 0.306 e. The van der Waals surface area contributed by atoms with Gasteiger partial charge >= 0.3 is 5.97 Å². The molecule has 0 aliphatic carbocycles. The van der Waals surface area contributed by atoms with Gasteiger partial charge < -0.3 is 28.5 Å². The number of hydrogen-bond donors (Lipinski definition) is 1. The largest absolute Gasteiger partial charge is 0.756 e. The molecule has 1 N–H and O–H groups in total. The van der Waals surface area contributed by atoms with Crippen molar-refractivity contribution in [2.24, 2.45) is 0 Å². The van der Waals surface area contributed by atoms with Crippen LogP contribution in [0, 0.1) is 0 Å². The molecule has 74 heavy (non-hydrogen) atoms. The van der Waals surface area contributed by atoms with Crippen molar-refractivity contribution in [3.8, 4) is 0 Å². The van der Waals surface area contributed by atoms with E-state index in [4.69, 9.17) is 13.8 Å². The highest BCUT2D eigenvalue weighted by Crippen LogP contribution is 2.38. The lowest BCUT2D eigenvalue weighted by atomic mass is 10.0. The molecule has 0 rings (SSSR count). The summed E-state index contributed by atoms with van der Waals surface area (Å²) in [6, 6.07) is -0.884. The van der Waals surface area contributed by atoms with Crippen LogP contribution in [-0.4, -0.2) is 69.4 Å². The molecular formula is C64H123N2O7P. The van der Waals surface area contributed by atoms with E-state index in [0.29, 0.717) is 17.4 Å². The Morgan fingerprint density at radius 1 is 0.473 bits per heavy atom. The molecule has 10 heteroatoms. The van der Waals surface area contributed by atoms with Gasteiger partial charge in [-0.05, 0) is 63.9 Å². The maximum absolute atomic E-state index is 13.5. The van der Waals surface area contributed by atoms with Gasteiger partial charge in [-0.3, -0.25) is 14.2 Å². The van der Waals surface area contributed by atoms with Gasteiger partial charge in [0.15, 0.2) is 0 Å². The van der Waals surface area contributed by atoms with Gasteiger partial charge in [0.25, 0.3) is 7.82 Å². The monoisotopic (exact) mass is 1060 g/mol. The number of nitrogens with zero attached hydrogens (tertiary/aromatic N) is 1. The Morgan fingerprint density at radius 3 is 1.24 bits per heavy atom. The Hall–Kier alpha value is -1.77. The first kappa shape index (κ1) is 72.2. The minimum absolute atomic E-state index is 0.0200. The molecule has 0 aromatic rings. The van der Waals surface area contributed by atoms with Gasteiger partial charge in [-0.25, -0.2) is 0 Å². The summed E-state index contributed by atoms with van der Waals surface area (Å²) >= 11 is 0. The average molecular weight is 1060 g/mol. The van der Waals surface area contributed by atoms with Gasteiger partial charge in [0.1, 0.15) is 19.3 Å². The van der Waals surface area contributed by atoms with E-state index < -0.39 is 20.0 Å². The average Bonchev–Trinajstić information content (AvgIpc) is 3.36. The summed E-state index contributed by atoms with van der Waals surface area (Å²) in [6.07, 6.45) is 65.4. The third-order valence-corrected chi connectivity index (χ3v) is 15.3. The van der Waals surface area contributed by atoms with E-state index in [9.17, 15) is 19.0 Å². The van der Waals surface area contributed by atoms with Crippen molar-refractivity contribution in [1.82, 2.24) is 5.32 Å². The molecule has 0 radical (unpaired) electrons. The zero-order valence-electron chi connectivity index (χ0n) is 49.8. The zero-order chi connectivity index (χ0) is 54.3. The van der Waals surface area contributed by atoms with Crippen LogP contribution in [0.25, 0.3) is 0 Å². The van der Waals surface area contributed by atoms with Crippen LogP contribution in [0.2, 0.25) is 0 Å². The summed E-state index contributed by atoms with van der Waals surface area (Å²) < 4.78 is 30.3. The number of rotatable bonds is 58. The first-order chi connectivity index (χ1) is 35.9. The van der Waals surface area contributed by atoms with Crippen molar-refractivity contribution < 1.29 is 37.3 Å². The number of quaternary nitrogens is 1. The summed E-state index contributed by atoms with van der Waals surface area (Å²) in [5.74, 6) is -0.529. The number of phosphoric ester groups is 1. The molecule has 3 atom stereocenters. The first-order valence-corrected chi connectivity index (χ1v) is 33.3. The van der Waals surface area contributed by atoms with Crippen LogP contribution in [0.1, 0.15) is 310 Å². The maximum atomic E-state index is 13.5. The van der Waals surface area contributed by atoms with Crippen LogP contribution in [0.15, 0.2) is 36.5 Å². The van der Waals surface area contributed by atoms with E-state index in [1.54, 1.807) is 0 Å². The lowest BCUT2D eigenvalue weighted by Gasteiger charge is -2.30. The second-order valence-corrected chi connectivity index (χ2v) is 24.3. The summed E-state index contributed by atoms with van der Waals surface area (Å²) in [5, 5.41) is 3.03. The predicted molar refractivity (Wildman–Crippen MR) is 316 cm³/mol. The Kier molecular flexibility index (Phi) is 53.3. The minimum atomic E-state index is -4.69. The number of hydrogen-bond acceptors (Lipinski definition) is 7. The standard InChI is InChI=1S/C64H123N2O7P/c1-7-10-13-16-19-22-25-27-29-31-32-33-34-35-37-39-42-45-48-51-54-57-64(68)73-62(55-52-49-46-43-40-24-21-18-15-12-9-3)61(60-72-74(69,70)71-59-58-66(4,5)6)65-63(67)56-53-50-47-44-41-38-36-30-28-26-23-20-17-14-11-8-2/h19,22,27,29,52,55,61-62H,7-18,20-21,23-26,28,30-51,53-54,56-60H2,1-6H3,(H-,65,67,69,70)/b22-19-,29-27-,55-52+. The number of esters is 1. The number of nitrogens with one attached hydrogen (secondary N) is 1. The Balaban J connectivity index is 5.15. The third kappa shape index (κ3) is 55.0. The Morgan fingerprint density at radius 2 is 0.824 bits per heavy atom. The van der Waals surface area contributed by atoms with Gasteiger partial charge in [-0.15, -0.1) is 0 Å². The van der Waals surface area contributed by atoms with Crippen molar-refractivity contribution in [3.63, 3.8) is 0 Å². The number of carbonyl (C=O) groups excluding carboxylic acids is 2. The molecule has 0 heterocycles. The normalized spacial score (nSPS) is 13.9. The van der Waals surface area contributed by atoms with Crippen molar-refractivity contribution in [1.29, 1.82) is 0 Å². The van der Waals surface area contributed by atoms with E-state index in [-0.39, 0.29) is 31.5 Å². The van der Waals surface area contributed by atoms with Crippen molar-refractivity contribution in [2.45, 2.75) is 322 Å². The summed E-state index contributed by atoms with van der Waals surface area (Å²) in [4.78, 5) is 40.0. The number of amides is 1. The van der Waals surface area contributed by atoms with Crippen LogP contribution >= 0.6 is 7.82 Å². The number of unbranched alkanes of at least 4 members (excludes halogenated alkanes) is 38. The van der Waals surface area contributed by atoms with Crippen LogP contribution in [0.5, 0.6) is 0 Å². The fraction of sp³-hybridized carbons (Fsp3) is 0.875. The quantitative estimate of drug-likeness (QED) is 0.0212. The lowest BCUT2D eigenvalue weighted by Crippen LogP contribution is -2.47. The van der Waals surface area contributed by atoms with E-state index >= 15 is 0 Å². The third-order valence-electron chi connectivity index (χ3n) is 14.3. The van der Waals surface area contributed by atoms with Crippen molar-refractivity contribution in [2.75, 3.05) is 40.9 Å². The molecule has 0 aromatic carbocycles. The topological polar surface area (TPSA) is 114 Å². The highest BCUT2D eigenvalue weighted by molar-refractivity contribution is 7.45. The fourth-order valence-corrected chi connectivity index (χ4v) is 10.1. The number of carbonyl (C=O) groups is 2. The molecule has 0 spiro atoms. The maximum Gasteiger partial charge on any atom is 0.306 e. The van der Waals surface area contributed by atoms with Gasteiger partial charge in [-0.1, -0.05) is 269 Å². The minimum Gasteiger partial charge on any atom is -0.756 e. The molecular weight excluding hydrogens is 940 g/mol. The molecule has 0 aromatic heterocycles. The number of likely N-dealkylation sites (N-methyl/N-ethyl adjacent to an activating group) is 1. The SMILES string of the molecule is CCCCC/C=C\C/C=C\CCCCCCCCCCCCCC(=O)OC(/C=C/CCCCCCCCCCC)C(COP(=O)([O-])OCC[N+](C)(C)C)NC(=O)CCCCCCCCCCCCCCCCCC. The van der Waals surface area contributed by atoms with Crippen LogP contribution in [-0.2, 0) is 27.9 Å². The second-order valence-electron chi connectivity index (χ2n) is 22.9. The molecule has 9 nitrogen and oxygen atoms in total. The molecule has 0 aliphatic heterocycles. The van der Waals surface area contributed by atoms with Gasteiger partial charge in [0, 0.05) is 12.8 Å². The van der Waals surface area contributed by atoms with Crippen LogP contribution in [0.4, 0.5) is 0 Å². The summed E-state index contributed by atoms with van der Waals surface area (Å²) in [6.45, 7) is 6.85. The first-order valence-electron chi connectivity index (χ1n) is 31.8. The summed E-state index contributed by atoms with van der Waals surface area (Å²) in [5.41, 5.74) is 0. The molecule has 0 aliphatic rings. The number of allylic oxidation sites excluding steroid dienone is 5. The highest BCUT2D eigenvalue weighted by atomic mass is 31.2. The fourth-order valence-electron chi connectivity index (χ4n) is 9.38. The zero-order valence-corrected chi connectivity index (χ0v) is 50.7. The van der Waals surface area contributed by atoms with E-state index in [2.05, 4.69) is 50.4 Å². The molecule has 436 valence electrons. The van der Waals surface area contributed by atoms with Crippen molar-refractivity contribution in [3.05, 3.63) is 36.5 Å². The van der Waals surface area contributed by atoms with E-state index in [0.717, 1.165) is 64.2 Å². The number of ether oxygens (including phenoxy) is 1. The highest BCUT2D eigenvalue weighted by Gasteiger charge is 2.27. The number of phosphoric acid groups is 1. The van der Waals surface area contributed by atoms with Crippen molar-refractivity contribution >= 4 is 19.7 Å².